The number of H-pyrrole nitrogens is 1. The number of nitriles is 1. The first kappa shape index (κ1) is 12.9. The molecular weight excluding hydrogens is 261 g/mol. The van der Waals surface area contributed by atoms with Crippen LogP contribution in [0.1, 0.15) is 17.0 Å². The fraction of sp³-hybridized carbons (Fsp3) is 0.182. The molecule has 0 aliphatic heterocycles. The number of aromatic amines is 1. The highest BCUT2D eigenvalue weighted by Gasteiger charge is 2.33. The Kier molecular flexibility index (Phi) is 3.12. The number of nitrogens with zero attached hydrogens (tertiary/aromatic N) is 3. The molecule has 0 bridgehead atoms. The van der Waals surface area contributed by atoms with Gasteiger partial charge in [0.2, 0.25) is 11.8 Å². The smallest absolute Gasteiger partial charge is 0.418 e. The Morgan fingerprint density at radius 3 is 2.63 bits per heavy atom. The van der Waals surface area contributed by atoms with Crippen molar-refractivity contribution in [2.75, 3.05) is 0 Å². The van der Waals surface area contributed by atoms with Gasteiger partial charge in [-0.3, -0.25) is 5.10 Å². The van der Waals surface area contributed by atoms with Crippen molar-refractivity contribution in [1.82, 2.24) is 15.2 Å². The van der Waals surface area contributed by atoms with E-state index in [4.69, 9.17) is 10.00 Å². The molecule has 0 aromatic carbocycles. The lowest BCUT2D eigenvalue weighted by Crippen LogP contribution is -2.09. The Balaban J connectivity index is 2.40. The van der Waals surface area contributed by atoms with E-state index in [1.54, 1.807) is 13.0 Å². The van der Waals surface area contributed by atoms with E-state index >= 15 is 0 Å². The molecular formula is C11H7F3N4O. The molecule has 2 aromatic rings. The summed E-state index contributed by atoms with van der Waals surface area (Å²) >= 11 is 0. The first-order valence-electron chi connectivity index (χ1n) is 5.08. The van der Waals surface area contributed by atoms with Crippen LogP contribution in [0.15, 0.2) is 18.2 Å². The minimum absolute atomic E-state index is 0.0424. The van der Waals surface area contributed by atoms with Crippen LogP contribution in [0.25, 0.3) is 0 Å². The molecule has 19 heavy (non-hydrogen) atoms. The highest BCUT2D eigenvalue weighted by atomic mass is 19.4. The van der Waals surface area contributed by atoms with Crippen LogP contribution in [0.3, 0.4) is 0 Å². The van der Waals surface area contributed by atoms with Gasteiger partial charge in [-0.05, 0) is 19.1 Å². The number of alkyl halides is 3. The normalized spacial score (nSPS) is 11.1. The number of hydrogen-bond donors (Lipinski definition) is 1. The second-order valence-electron chi connectivity index (χ2n) is 3.65. The first-order valence-corrected chi connectivity index (χ1v) is 5.08. The Labute approximate surface area is 105 Å². The maximum atomic E-state index is 12.5. The highest BCUT2D eigenvalue weighted by molar-refractivity contribution is 5.40. The molecule has 0 amide bonds. The summed E-state index contributed by atoms with van der Waals surface area (Å²) in [5.74, 6) is -0.385. The summed E-state index contributed by atoms with van der Waals surface area (Å²) in [4.78, 5) is 3.30. The number of aromatic nitrogens is 3. The molecule has 0 fully saturated rings. The summed E-state index contributed by atoms with van der Waals surface area (Å²) in [5, 5.41) is 15.1. The van der Waals surface area contributed by atoms with Crippen molar-refractivity contribution < 1.29 is 17.9 Å². The van der Waals surface area contributed by atoms with Gasteiger partial charge in [0.1, 0.15) is 17.3 Å². The van der Waals surface area contributed by atoms with Crippen molar-refractivity contribution in [3.05, 3.63) is 35.2 Å². The van der Waals surface area contributed by atoms with E-state index in [0.717, 1.165) is 12.1 Å². The Hall–Kier alpha value is -2.56. The molecule has 0 unspecified atom stereocenters. The number of pyridine rings is 1. The molecule has 8 heteroatoms. The van der Waals surface area contributed by atoms with Crippen molar-refractivity contribution >= 4 is 0 Å². The maximum Gasteiger partial charge on any atom is 0.433 e. The van der Waals surface area contributed by atoms with Gasteiger partial charge in [-0.1, -0.05) is 0 Å². The molecule has 0 saturated carbocycles. The van der Waals surface area contributed by atoms with Crippen LogP contribution in [0, 0.1) is 18.3 Å². The summed E-state index contributed by atoms with van der Waals surface area (Å²) in [6.45, 7) is 1.70. The Morgan fingerprint density at radius 2 is 2.11 bits per heavy atom. The molecule has 1 N–H and O–H groups in total. The van der Waals surface area contributed by atoms with Gasteiger partial charge in [0.25, 0.3) is 0 Å². The summed E-state index contributed by atoms with van der Waals surface area (Å²) in [7, 11) is 0. The van der Waals surface area contributed by atoms with Crippen molar-refractivity contribution in [2.24, 2.45) is 0 Å². The lowest BCUT2D eigenvalue weighted by atomic mass is 10.2. The maximum absolute atomic E-state index is 12.5. The molecule has 98 valence electrons. The zero-order chi connectivity index (χ0) is 14.0. The highest BCUT2D eigenvalue weighted by Crippen LogP contribution is 2.31. The van der Waals surface area contributed by atoms with E-state index in [0.29, 0.717) is 5.69 Å². The van der Waals surface area contributed by atoms with Gasteiger partial charge < -0.3 is 4.74 Å². The zero-order valence-corrected chi connectivity index (χ0v) is 9.62. The number of aryl methyl sites for hydroxylation is 1. The summed E-state index contributed by atoms with van der Waals surface area (Å²) in [5.41, 5.74) is -0.567. The topological polar surface area (TPSA) is 74.6 Å². The number of halogens is 3. The second-order valence-corrected chi connectivity index (χ2v) is 3.65. The number of hydrogen-bond acceptors (Lipinski definition) is 4. The monoisotopic (exact) mass is 268 g/mol. The average Bonchev–Trinajstić information content (AvgIpc) is 2.73. The fourth-order valence-corrected chi connectivity index (χ4v) is 1.31. The lowest BCUT2D eigenvalue weighted by molar-refractivity contribution is -0.141. The lowest BCUT2D eigenvalue weighted by Gasteiger charge is -2.08. The molecule has 2 rings (SSSR count). The predicted molar refractivity (Wildman–Crippen MR) is 57.4 cm³/mol. The predicted octanol–water partition coefficient (Wildman–Crippen LogP) is 2.80. The standard InChI is InChI=1S/C11H7F3N4O/c1-6-4-9(18-17-6)19-10-7(5-15)2-3-8(16-10)11(12,13)14/h2-4H,1H3,(H,17,18). The minimum atomic E-state index is -4.60. The van der Waals surface area contributed by atoms with Crippen LogP contribution >= 0.6 is 0 Å². The summed E-state index contributed by atoms with van der Waals surface area (Å²) < 4.78 is 42.7. The Morgan fingerprint density at radius 1 is 1.37 bits per heavy atom. The minimum Gasteiger partial charge on any atom is -0.418 e. The van der Waals surface area contributed by atoms with Gasteiger partial charge in [0.15, 0.2) is 0 Å². The van der Waals surface area contributed by atoms with E-state index < -0.39 is 17.8 Å². The largest absolute Gasteiger partial charge is 0.433 e. The summed E-state index contributed by atoms with van der Waals surface area (Å²) in [6, 6.07) is 4.91. The van der Waals surface area contributed by atoms with Crippen LogP contribution in [0.5, 0.6) is 11.8 Å². The van der Waals surface area contributed by atoms with Gasteiger partial charge in [-0.25, -0.2) is 4.98 Å². The molecule has 5 nitrogen and oxygen atoms in total. The van der Waals surface area contributed by atoms with E-state index in [1.165, 1.54) is 6.07 Å². The Bertz CT molecular complexity index is 642. The van der Waals surface area contributed by atoms with Gasteiger partial charge in [-0.2, -0.15) is 18.4 Å². The summed E-state index contributed by atoms with van der Waals surface area (Å²) in [6.07, 6.45) is -4.60. The van der Waals surface area contributed by atoms with E-state index in [9.17, 15) is 13.2 Å². The molecule has 0 saturated heterocycles. The van der Waals surface area contributed by atoms with E-state index in [2.05, 4.69) is 15.2 Å². The average molecular weight is 268 g/mol. The number of ether oxygens (including phenoxy) is 1. The van der Waals surface area contributed by atoms with Crippen LogP contribution in [-0.4, -0.2) is 15.2 Å². The first-order chi connectivity index (χ1) is 8.90. The second kappa shape index (κ2) is 4.61. The molecule has 2 heterocycles. The van der Waals surface area contributed by atoms with E-state index in [1.807, 2.05) is 0 Å². The van der Waals surface area contributed by atoms with Crippen LogP contribution < -0.4 is 4.74 Å². The van der Waals surface area contributed by atoms with Crippen molar-refractivity contribution in [2.45, 2.75) is 13.1 Å². The van der Waals surface area contributed by atoms with Gasteiger partial charge in [-0.15, -0.1) is 5.10 Å². The third-order valence-electron chi connectivity index (χ3n) is 2.15. The molecule has 2 aromatic heterocycles. The quantitative estimate of drug-likeness (QED) is 0.908. The van der Waals surface area contributed by atoms with Crippen LogP contribution in [0.4, 0.5) is 13.2 Å². The van der Waals surface area contributed by atoms with Crippen molar-refractivity contribution in [3.63, 3.8) is 0 Å². The van der Waals surface area contributed by atoms with E-state index in [-0.39, 0.29) is 11.4 Å². The van der Waals surface area contributed by atoms with Gasteiger partial charge in [0.05, 0.1) is 0 Å². The number of nitrogens with one attached hydrogen (secondary N) is 1. The molecule has 0 atom stereocenters. The van der Waals surface area contributed by atoms with Crippen molar-refractivity contribution in [1.29, 1.82) is 5.26 Å². The van der Waals surface area contributed by atoms with Crippen molar-refractivity contribution in [3.8, 4) is 17.8 Å². The third kappa shape index (κ3) is 2.82. The molecule has 0 aliphatic carbocycles. The molecule has 0 spiro atoms. The third-order valence-corrected chi connectivity index (χ3v) is 2.15. The fourth-order valence-electron chi connectivity index (χ4n) is 1.31. The zero-order valence-electron chi connectivity index (χ0n) is 9.62. The SMILES string of the molecule is Cc1cc(Oc2nc(C(F)(F)F)ccc2C#N)n[nH]1. The van der Waals surface area contributed by atoms with Gasteiger partial charge >= 0.3 is 6.18 Å². The van der Waals surface area contributed by atoms with Gasteiger partial charge in [0, 0.05) is 11.8 Å². The molecule has 0 radical (unpaired) electrons. The van der Waals surface area contributed by atoms with Crippen LogP contribution in [0.2, 0.25) is 0 Å². The molecule has 0 aliphatic rings. The van der Waals surface area contributed by atoms with Crippen LogP contribution in [-0.2, 0) is 6.18 Å². The number of rotatable bonds is 2.